The van der Waals surface area contributed by atoms with E-state index in [4.69, 9.17) is 0 Å². The summed E-state index contributed by atoms with van der Waals surface area (Å²) in [7, 11) is 0. The molecule has 4 rings (SSSR count). The highest BCUT2D eigenvalue weighted by Crippen LogP contribution is 2.29. The van der Waals surface area contributed by atoms with Crippen LogP contribution in [-0.4, -0.2) is 43.8 Å². The fourth-order valence-corrected chi connectivity index (χ4v) is 3.83. The summed E-state index contributed by atoms with van der Waals surface area (Å²) in [5.74, 6) is 2.55. The first-order valence-electron chi connectivity index (χ1n) is 8.86. The Morgan fingerprint density at radius 1 is 1.12 bits per heavy atom. The third-order valence-corrected chi connectivity index (χ3v) is 5.28. The molecular formula is C19H22N6S. The number of thioether (sulfide) groups is 1. The zero-order valence-corrected chi connectivity index (χ0v) is 15.6. The van der Waals surface area contributed by atoms with E-state index in [2.05, 4.69) is 41.7 Å². The van der Waals surface area contributed by atoms with Crippen molar-refractivity contribution in [1.82, 2.24) is 24.5 Å². The quantitative estimate of drug-likeness (QED) is 0.510. The van der Waals surface area contributed by atoms with Gasteiger partial charge in [-0.05, 0) is 37.3 Å². The first-order chi connectivity index (χ1) is 12.8. The van der Waals surface area contributed by atoms with Crippen LogP contribution in [0.25, 0.3) is 0 Å². The molecule has 1 saturated heterocycles. The third-order valence-electron chi connectivity index (χ3n) is 4.72. The molecule has 0 bridgehead atoms. The van der Waals surface area contributed by atoms with Gasteiger partial charge in [0.2, 0.25) is 0 Å². The highest BCUT2D eigenvalue weighted by Gasteiger charge is 2.25. The number of hydrogen-bond donors (Lipinski definition) is 0. The predicted molar refractivity (Wildman–Crippen MR) is 104 cm³/mol. The van der Waals surface area contributed by atoms with Crippen molar-refractivity contribution in [3.05, 3.63) is 60.6 Å². The van der Waals surface area contributed by atoms with Crippen LogP contribution in [0.4, 0.5) is 5.82 Å². The molecular weight excluding hydrogens is 344 g/mol. The first kappa shape index (κ1) is 17.0. The Kier molecular flexibility index (Phi) is 5.15. The van der Waals surface area contributed by atoms with Gasteiger partial charge in [-0.25, -0.2) is 15.0 Å². The number of hydrogen-bond acceptors (Lipinski definition) is 6. The summed E-state index contributed by atoms with van der Waals surface area (Å²) in [5, 5.41) is 0.821. The van der Waals surface area contributed by atoms with Crippen molar-refractivity contribution >= 4 is 17.6 Å². The lowest BCUT2D eigenvalue weighted by Gasteiger charge is -2.33. The van der Waals surface area contributed by atoms with Crippen molar-refractivity contribution < 1.29 is 0 Å². The highest BCUT2D eigenvalue weighted by molar-refractivity contribution is 7.98. The molecule has 3 aromatic heterocycles. The Labute approximate surface area is 157 Å². The number of pyridine rings is 1. The van der Waals surface area contributed by atoms with Gasteiger partial charge in [0, 0.05) is 43.8 Å². The standard InChI is InChI=1S/C19H22N6S/c1-26-19-22-9-7-17(23-19)24-11-4-5-15(13-24)18-21-10-12-25(18)14-16-6-2-3-8-20-16/h2-3,6-10,12,15H,4-5,11,13-14H2,1H3/t15-/m1/s1. The molecule has 0 spiro atoms. The van der Waals surface area contributed by atoms with Crippen LogP contribution in [0.15, 0.2) is 54.2 Å². The molecule has 0 N–H and O–H groups in total. The van der Waals surface area contributed by atoms with Crippen LogP contribution >= 0.6 is 11.8 Å². The molecule has 134 valence electrons. The number of imidazole rings is 1. The van der Waals surface area contributed by atoms with Crippen LogP contribution in [0, 0.1) is 0 Å². The molecule has 6 nitrogen and oxygen atoms in total. The van der Waals surface area contributed by atoms with Crippen LogP contribution in [0.2, 0.25) is 0 Å². The maximum atomic E-state index is 4.67. The zero-order valence-electron chi connectivity index (χ0n) is 14.8. The SMILES string of the molecule is CSc1nccc(N2CCC[C@@H](c3nccn3Cc3ccccn3)C2)n1. The minimum Gasteiger partial charge on any atom is -0.356 e. The van der Waals surface area contributed by atoms with Crippen LogP contribution in [0.1, 0.15) is 30.3 Å². The summed E-state index contributed by atoms with van der Waals surface area (Å²) < 4.78 is 2.23. The lowest BCUT2D eigenvalue weighted by molar-refractivity contribution is 0.472. The molecule has 0 radical (unpaired) electrons. The van der Waals surface area contributed by atoms with Crippen molar-refractivity contribution in [2.45, 2.75) is 30.5 Å². The third kappa shape index (κ3) is 3.72. The largest absolute Gasteiger partial charge is 0.356 e. The monoisotopic (exact) mass is 366 g/mol. The minimum absolute atomic E-state index is 0.398. The lowest BCUT2D eigenvalue weighted by atomic mass is 9.97. The van der Waals surface area contributed by atoms with Crippen molar-refractivity contribution in [2.75, 3.05) is 24.2 Å². The van der Waals surface area contributed by atoms with E-state index in [0.29, 0.717) is 5.92 Å². The summed E-state index contributed by atoms with van der Waals surface area (Å²) >= 11 is 1.58. The number of rotatable bonds is 5. The predicted octanol–water partition coefficient (Wildman–Crippen LogP) is 3.22. The molecule has 0 unspecified atom stereocenters. The van der Waals surface area contributed by atoms with Gasteiger partial charge in [-0.2, -0.15) is 0 Å². The molecule has 1 aliphatic rings. The first-order valence-corrected chi connectivity index (χ1v) is 10.1. The maximum Gasteiger partial charge on any atom is 0.189 e. The topological polar surface area (TPSA) is 59.7 Å². The van der Waals surface area contributed by atoms with Gasteiger partial charge < -0.3 is 9.47 Å². The second-order valence-corrected chi connectivity index (χ2v) is 7.19. The van der Waals surface area contributed by atoms with E-state index in [1.54, 1.807) is 11.8 Å². The van der Waals surface area contributed by atoms with E-state index in [1.807, 2.05) is 43.0 Å². The fraction of sp³-hybridized carbons (Fsp3) is 0.368. The second-order valence-electron chi connectivity index (χ2n) is 6.42. The molecule has 1 fully saturated rings. The summed E-state index contributed by atoms with van der Waals surface area (Å²) in [6, 6.07) is 8.03. The Morgan fingerprint density at radius 3 is 2.92 bits per heavy atom. The van der Waals surface area contributed by atoms with Gasteiger partial charge in [0.05, 0.1) is 12.2 Å². The van der Waals surface area contributed by atoms with Crippen molar-refractivity contribution in [3.8, 4) is 0 Å². The van der Waals surface area contributed by atoms with Crippen LogP contribution < -0.4 is 4.90 Å². The van der Waals surface area contributed by atoms with Crippen LogP contribution in [0.3, 0.4) is 0 Å². The molecule has 3 aromatic rings. The number of piperidine rings is 1. The summed E-state index contributed by atoms with van der Waals surface area (Å²) in [4.78, 5) is 20.4. The number of nitrogens with zero attached hydrogens (tertiary/aromatic N) is 6. The summed E-state index contributed by atoms with van der Waals surface area (Å²) in [5.41, 5.74) is 1.06. The zero-order chi connectivity index (χ0) is 17.8. The fourth-order valence-electron chi connectivity index (χ4n) is 3.48. The Hall–Kier alpha value is -2.41. The van der Waals surface area contributed by atoms with E-state index >= 15 is 0 Å². The van der Waals surface area contributed by atoms with Gasteiger partial charge in [-0.3, -0.25) is 4.98 Å². The van der Waals surface area contributed by atoms with Gasteiger partial charge in [0.25, 0.3) is 0 Å². The summed E-state index contributed by atoms with van der Waals surface area (Å²) in [6.07, 6.45) is 11.9. The van der Waals surface area contributed by atoms with E-state index < -0.39 is 0 Å². The maximum absolute atomic E-state index is 4.67. The second kappa shape index (κ2) is 7.86. The van der Waals surface area contributed by atoms with Crippen molar-refractivity contribution in [1.29, 1.82) is 0 Å². The normalized spacial score (nSPS) is 17.4. The highest BCUT2D eigenvalue weighted by atomic mass is 32.2. The van der Waals surface area contributed by atoms with Gasteiger partial charge in [0.1, 0.15) is 11.6 Å². The minimum atomic E-state index is 0.398. The van der Waals surface area contributed by atoms with Gasteiger partial charge in [-0.1, -0.05) is 17.8 Å². The van der Waals surface area contributed by atoms with Crippen LogP contribution in [0.5, 0.6) is 0 Å². The molecule has 7 heteroatoms. The Morgan fingerprint density at radius 2 is 2.08 bits per heavy atom. The van der Waals surface area contributed by atoms with Crippen molar-refractivity contribution in [2.24, 2.45) is 0 Å². The van der Waals surface area contributed by atoms with Gasteiger partial charge >= 0.3 is 0 Å². The average Bonchev–Trinajstić information content (AvgIpc) is 3.17. The van der Waals surface area contributed by atoms with E-state index in [1.165, 1.54) is 0 Å². The average molecular weight is 366 g/mol. The molecule has 0 aromatic carbocycles. The Bertz CT molecular complexity index is 850. The van der Waals surface area contributed by atoms with E-state index in [9.17, 15) is 0 Å². The van der Waals surface area contributed by atoms with Gasteiger partial charge in [0.15, 0.2) is 5.16 Å². The lowest BCUT2D eigenvalue weighted by Crippen LogP contribution is -2.36. The smallest absolute Gasteiger partial charge is 0.189 e. The molecule has 0 amide bonds. The van der Waals surface area contributed by atoms with E-state index in [-0.39, 0.29) is 0 Å². The molecule has 0 saturated carbocycles. The molecule has 1 aliphatic heterocycles. The number of aromatic nitrogens is 5. The number of anilines is 1. The summed E-state index contributed by atoms with van der Waals surface area (Å²) in [6.45, 7) is 2.73. The Balaban J connectivity index is 1.52. The molecule has 26 heavy (non-hydrogen) atoms. The molecule has 0 aliphatic carbocycles. The van der Waals surface area contributed by atoms with E-state index in [0.717, 1.165) is 55.0 Å². The molecule has 1 atom stereocenters. The molecule has 4 heterocycles. The van der Waals surface area contributed by atoms with Crippen molar-refractivity contribution in [3.63, 3.8) is 0 Å². The van der Waals surface area contributed by atoms with Gasteiger partial charge in [-0.15, -0.1) is 0 Å². The van der Waals surface area contributed by atoms with Crippen LogP contribution in [-0.2, 0) is 6.54 Å².